The average Bonchev–Trinajstić information content (AvgIpc) is 2.47. The second kappa shape index (κ2) is 2.73. The molecule has 0 unspecified atom stereocenters. The molecule has 4 nitrogen and oxygen atoms in total. The summed E-state index contributed by atoms with van der Waals surface area (Å²) in [6.45, 7) is 4.06. The van der Waals surface area contributed by atoms with Crippen LogP contribution in [-0.4, -0.2) is 14.6 Å². The minimum Gasteiger partial charge on any atom is -0.396 e. The number of aromatic nitrogens is 3. The van der Waals surface area contributed by atoms with Crippen LogP contribution in [0.3, 0.4) is 0 Å². The van der Waals surface area contributed by atoms with Crippen molar-refractivity contribution in [2.45, 2.75) is 20.3 Å². The minimum atomic E-state index is 0.687. The zero-order chi connectivity index (χ0) is 9.42. The van der Waals surface area contributed by atoms with Crippen LogP contribution < -0.4 is 5.73 Å². The first-order valence-electron chi connectivity index (χ1n) is 4.32. The fourth-order valence-electron chi connectivity index (χ4n) is 1.45. The van der Waals surface area contributed by atoms with E-state index in [2.05, 4.69) is 17.1 Å². The van der Waals surface area contributed by atoms with Gasteiger partial charge in [-0.25, -0.2) is 0 Å². The van der Waals surface area contributed by atoms with Gasteiger partial charge in [0.1, 0.15) is 5.82 Å². The molecule has 0 aliphatic rings. The van der Waals surface area contributed by atoms with Gasteiger partial charge >= 0.3 is 0 Å². The van der Waals surface area contributed by atoms with Gasteiger partial charge in [0.05, 0.1) is 5.69 Å². The van der Waals surface area contributed by atoms with E-state index in [1.807, 2.05) is 23.6 Å². The predicted molar refractivity (Wildman–Crippen MR) is 51.5 cm³/mol. The molecule has 0 spiro atoms. The first-order chi connectivity index (χ1) is 6.22. The standard InChI is InChI=1S/C9H12N4/c1-3-8-11-12-9-7(10)4-6(2)5-13(8)9/h4-5H,3,10H2,1-2H3. The maximum absolute atomic E-state index is 5.80. The maximum Gasteiger partial charge on any atom is 0.184 e. The quantitative estimate of drug-likeness (QED) is 0.709. The third kappa shape index (κ3) is 1.14. The average molecular weight is 176 g/mol. The molecular formula is C9H12N4. The molecule has 0 aliphatic carbocycles. The van der Waals surface area contributed by atoms with Gasteiger partial charge in [0.25, 0.3) is 0 Å². The van der Waals surface area contributed by atoms with E-state index < -0.39 is 0 Å². The first kappa shape index (κ1) is 8.04. The molecule has 2 heterocycles. The molecule has 4 heteroatoms. The first-order valence-corrected chi connectivity index (χ1v) is 4.32. The van der Waals surface area contributed by atoms with Crippen molar-refractivity contribution in [3.05, 3.63) is 23.7 Å². The van der Waals surface area contributed by atoms with Crippen LogP contribution in [0.2, 0.25) is 0 Å². The van der Waals surface area contributed by atoms with Crippen molar-refractivity contribution in [1.29, 1.82) is 0 Å². The number of hydrogen-bond donors (Lipinski definition) is 1. The lowest BCUT2D eigenvalue weighted by Crippen LogP contribution is -1.96. The highest BCUT2D eigenvalue weighted by Gasteiger charge is 2.05. The van der Waals surface area contributed by atoms with Crippen LogP contribution in [0, 0.1) is 6.92 Å². The Bertz CT molecular complexity index is 444. The number of fused-ring (bicyclic) bond motifs is 1. The van der Waals surface area contributed by atoms with E-state index in [4.69, 9.17) is 5.73 Å². The van der Waals surface area contributed by atoms with Gasteiger partial charge in [-0.15, -0.1) is 10.2 Å². The molecule has 2 aromatic rings. The van der Waals surface area contributed by atoms with Crippen LogP contribution in [0.15, 0.2) is 12.3 Å². The SMILES string of the molecule is CCc1nnc2c(N)cc(C)cn12. The van der Waals surface area contributed by atoms with Crippen LogP contribution in [0.25, 0.3) is 5.65 Å². The predicted octanol–water partition coefficient (Wildman–Crippen LogP) is 1.18. The van der Waals surface area contributed by atoms with Gasteiger partial charge in [0.15, 0.2) is 5.65 Å². The van der Waals surface area contributed by atoms with E-state index in [0.29, 0.717) is 5.69 Å². The van der Waals surface area contributed by atoms with Crippen molar-refractivity contribution in [3.63, 3.8) is 0 Å². The van der Waals surface area contributed by atoms with Gasteiger partial charge in [0.2, 0.25) is 0 Å². The Labute approximate surface area is 76.4 Å². The molecule has 0 saturated heterocycles. The minimum absolute atomic E-state index is 0.687. The molecule has 0 amide bonds. The Morgan fingerprint density at radius 2 is 2.23 bits per heavy atom. The second-order valence-electron chi connectivity index (χ2n) is 3.14. The lowest BCUT2D eigenvalue weighted by atomic mass is 10.3. The molecular weight excluding hydrogens is 164 g/mol. The normalized spacial score (nSPS) is 10.9. The molecule has 0 saturated carbocycles. The highest BCUT2D eigenvalue weighted by molar-refractivity contribution is 5.64. The molecule has 13 heavy (non-hydrogen) atoms. The van der Waals surface area contributed by atoms with Crippen molar-refractivity contribution in [1.82, 2.24) is 14.6 Å². The van der Waals surface area contributed by atoms with Gasteiger partial charge in [0, 0.05) is 12.6 Å². The van der Waals surface area contributed by atoms with E-state index in [-0.39, 0.29) is 0 Å². The molecule has 68 valence electrons. The molecule has 0 fully saturated rings. The molecule has 0 aromatic carbocycles. The number of anilines is 1. The summed E-state index contributed by atoms with van der Waals surface area (Å²) in [6.07, 6.45) is 2.87. The highest BCUT2D eigenvalue weighted by Crippen LogP contribution is 2.14. The van der Waals surface area contributed by atoms with Crippen molar-refractivity contribution in [3.8, 4) is 0 Å². The molecule has 0 aliphatic heterocycles. The van der Waals surface area contributed by atoms with E-state index in [0.717, 1.165) is 23.5 Å². The van der Waals surface area contributed by atoms with Crippen molar-refractivity contribution >= 4 is 11.3 Å². The lowest BCUT2D eigenvalue weighted by Gasteiger charge is -2.00. The molecule has 2 N–H and O–H groups in total. The Balaban J connectivity index is 2.82. The van der Waals surface area contributed by atoms with Crippen LogP contribution in [0.4, 0.5) is 5.69 Å². The zero-order valence-electron chi connectivity index (χ0n) is 7.78. The third-order valence-electron chi connectivity index (χ3n) is 2.06. The third-order valence-corrected chi connectivity index (χ3v) is 2.06. The van der Waals surface area contributed by atoms with Crippen LogP contribution in [0.5, 0.6) is 0 Å². The molecule has 0 atom stereocenters. The summed E-state index contributed by atoms with van der Waals surface area (Å²) in [5, 5.41) is 8.07. The number of nitrogens with two attached hydrogens (primary N) is 1. The number of nitrogens with zero attached hydrogens (tertiary/aromatic N) is 3. The smallest absolute Gasteiger partial charge is 0.184 e. The van der Waals surface area contributed by atoms with Crippen molar-refractivity contribution in [2.75, 3.05) is 5.73 Å². The summed E-state index contributed by atoms with van der Waals surface area (Å²) < 4.78 is 1.95. The van der Waals surface area contributed by atoms with Gasteiger partial charge < -0.3 is 5.73 Å². The number of hydrogen-bond acceptors (Lipinski definition) is 3. The number of rotatable bonds is 1. The molecule has 0 radical (unpaired) electrons. The van der Waals surface area contributed by atoms with Gasteiger partial charge in [-0.3, -0.25) is 4.40 Å². The largest absolute Gasteiger partial charge is 0.396 e. The molecule has 2 aromatic heterocycles. The topological polar surface area (TPSA) is 56.2 Å². The Morgan fingerprint density at radius 3 is 2.92 bits per heavy atom. The summed E-state index contributed by atoms with van der Waals surface area (Å²) >= 11 is 0. The fourth-order valence-corrected chi connectivity index (χ4v) is 1.45. The number of nitrogen functional groups attached to an aromatic ring is 1. The van der Waals surface area contributed by atoms with Crippen LogP contribution in [-0.2, 0) is 6.42 Å². The summed E-state index contributed by atoms with van der Waals surface area (Å²) in [7, 11) is 0. The van der Waals surface area contributed by atoms with Crippen LogP contribution in [0.1, 0.15) is 18.3 Å². The Morgan fingerprint density at radius 1 is 1.46 bits per heavy atom. The summed E-state index contributed by atoms with van der Waals surface area (Å²) in [6, 6.07) is 1.91. The zero-order valence-corrected chi connectivity index (χ0v) is 7.78. The van der Waals surface area contributed by atoms with Crippen molar-refractivity contribution < 1.29 is 0 Å². The Hall–Kier alpha value is -1.58. The summed E-state index contributed by atoms with van der Waals surface area (Å²) in [5.41, 5.74) is 8.37. The van der Waals surface area contributed by atoms with Crippen molar-refractivity contribution in [2.24, 2.45) is 0 Å². The fraction of sp³-hybridized carbons (Fsp3) is 0.333. The van der Waals surface area contributed by atoms with E-state index >= 15 is 0 Å². The van der Waals surface area contributed by atoms with E-state index in [9.17, 15) is 0 Å². The second-order valence-corrected chi connectivity index (χ2v) is 3.14. The van der Waals surface area contributed by atoms with Gasteiger partial charge in [-0.2, -0.15) is 0 Å². The monoisotopic (exact) mass is 176 g/mol. The summed E-state index contributed by atoms with van der Waals surface area (Å²) in [5.74, 6) is 0.949. The Kier molecular flexibility index (Phi) is 1.69. The number of aryl methyl sites for hydroxylation is 2. The number of pyridine rings is 1. The van der Waals surface area contributed by atoms with E-state index in [1.54, 1.807) is 0 Å². The highest BCUT2D eigenvalue weighted by atomic mass is 15.2. The molecule has 2 rings (SSSR count). The lowest BCUT2D eigenvalue weighted by molar-refractivity contribution is 0.907. The van der Waals surface area contributed by atoms with Gasteiger partial charge in [-0.1, -0.05) is 6.92 Å². The van der Waals surface area contributed by atoms with E-state index in [1.165, 1.54) is 0 Å². The summed E-state index contributed by atoms with van der Waals surface area (Å²) in [4.78, 5) is 0. The van der Waals surface area contributed by atoms with Crippen LogP contribution >= 0.6 is 0 Å². The van der Waals surface area contributed by atoms with Gasteiger partial charge in [-0.05, 0) is 18.6 Å². The maximum atomic E-state index is 5.80. The molecule has 0 bridgehead atoms.